The van der Waals surface area contributed by atoms with Gasteiger partial charge in [-0.15, -0.1) is 0 Å². The summed E-state index contributed by atoms with van der Waals surface area (Å²) in [6.07, 6.45) is -0.606. The highest BCUT2D eigenvalue weighted by atomic mass is 19.3. The number of aliphatic hydroxyl groups excluding tert-OH is 1. The summed E-state index contributed by atoms with van der Waals surface area (Å²) < 4.78 is 27.3. The number of nitrogens with one attached hydrogen (secondary N) is 1. The van der Waals surface area contributed by atoms with Gasteiger partial charge in [0.05, 0.1) is 11.1 Å². The monoisotopic (exact) mass is 397 g/mol. The molecule has 4 rings (SSSR count). The molecule has 2 aromatic rings. The molecule has 152 valence electrons. The first-order valence-corrected chi connectivity index (χ1v) is 9.95. The lowest BCUT2D eigenvalue weighted by atomic mass is 9.78. The smallest absolute Gasteiger partial charge is 0.256 e. The van der Waals surface area contributed by atoms with E-state index < -0.39 is 11.5 Å². The van der Waals surface area contributed by atoms with Gasteiger partial charge in [0.25, 0.3) is 5.91 Å². The normalized spacial score (nSPS) is 20.2. The largest absolute Gasteiger partial charge is 0.509 e. The number of carbonyl (C=O) groups excluding carboxylic acids is 1. The molecule has 0 radical (unpaired) electrons. The van der Waals surface area contributed by atoms with E-state index in [2.05, 4.69) is 5.32 Å². The van der Waals surface area contributed by atoms with E-state index in [4.69, 9.17) is 0 Å². The van der Waals surface area contributed by atoms with E-state index >= 15 is 0 Å². The van der Waals surface area contributed by atoms with Crippen molar-refractivity contribution in [1.82, 2.24) is 5.32 Å². The van der Waals surface area contributed by atoms with Gasteiger partial charge < -0.3 is 10.4 Å². The first kappa shape index (κ1) is 19.6. The Morgan fingerprint density at radius 2 is 1.55 bits per heavy atom. The number of amides is 1. The van der Waals surface area contributed by atoms with Crippen LogP contribution in [0.3, 0.4) is 0 Å². The van der Waals surface area contributed by atoms with Crippen LogP contribution in [-0.4, -0.2) is 22.5 Å². The van der Waals surface area contributed by atoms with Gasteiger partial charge in [0.2, 0.25) is 5.92 Å². The molecule has 0 atom stereocenters. The zero-order valence-electron chi connectivity index (χ0n) is 16.9. The molecular weight excluding hydrogens is 372 g/mol. The Morgan fingerprint density at radius 3 is 2.17 bits per heavy atom. The summed E-state index contributed by atoms with van der Waals surface area (Å²) in [6.45, 7) is 5.86. The van der Waals surface area contributed by atoms with Gasteiger partial charge in [-0.25, -0.2) is 8.78 Å². The second-order valence-electron chi connectivity index (χ2n) is 8.41. The maximum Gasteiger partial charge on any atom is 0.256 e. The summed E-state index contributed by atoms with van der Waals surface area (Å²) in [5.74, 6) is -3.22. The van der Waals surface area contributed by atoms with E-state index in [1.165, 1.54) is 0 Å². The van der Waals surface area contributed by atoms with Crippen molar-refractivity contribution in [1.29, 1.82) is 0 Å². The molecule has 2 aromatic carbocycles. The van der Waals surface area contributed by atoms with Crippen LogP contribution < -0.4 is 5.32 Å². The van der Waals surface area contributed by atoms with Crippen LogP contribution in [0.5, 0.6) is 0 Å². The fourth-order valence-electron chi connectivity index (χ4n) is 4.60. The minimum absolute atomic E-state index is 0.0385. The number of aryl methyl sites for hydroxylation is 2. The van der Waals surface area contributed by atoms with Gasteiger partial charge in [0.1, 0.15) is 5.76 Å². The summed E-state index contributed by atoms with van der Waals surface area (Å²) in [4.78, 5) is 12.9. The summed E-state index contributed by atoms with van der Waals surface area (Å²) >= 11 is 0. The molecule has 1 saturated carbocycles. The van der Waals surface area contributed by atoms with Gasteiger partial charge in [-0.2, -0.15) is 0 Å². The second kappa shape index (κ2) is 6.68. The Morgan fingerprint density at radius 1 is 0.931 bits per heavy atom. The predicted octanol–water partition coefficient (Wildman–Crippen LogP) is 5.63. The molecule has 0 bridgehead atoms. The molecule has 0 saturated heterocycles. The summed E-state index contributed by atoms with van der Waals surface area (Å²) in [6, 6.07) is 12.1. The fourth-order valence-corrected chi connectivity index (χ4v) is 4.60. The van der Waals surface area contributed by atoms with Crippen molar-refractivity contribution in [3.63, 3.8) is 0 Å². The molecule has 29 heavy (non-hydrogen) atoms. The number of carbonyl (C=O) groups is 1. The van der Waals surface area contributed by atoms with E-state index in [-0.39, 0.29) is 42.9 Å². The van der Waals surface area contributed by atoms with Gasteiger partial charge >= 0.3 is 0 Å². The molecule has 1 aliphatic heterocycles. The van der Waals surface area contributed by atoms with Crippen molar-refractivity contribution in [3.8, 4) is 11.1 Å². The number of halogens is 2. The fraction of sp³-hybridized carbons (Fsp3) is 0.375. The Balaban J connectivity index is 1.83. The van der Waals surface area contributed by atoms with Gasteiger partial charge in [-0.05, 0) is 61.4 Å². The molecule has 2 N–H and O–H groups in total. The Labute approximate surface area is 169 Å². The molecule has 1 heterocycles. The van der Waals surface area contributed by atoms with Crippen molar-refractivity contribution in [2.75, 3.05) is 0 Å². The van der Waals surface area contributed by atoms with Crippen molar-refractivity contribution < 1.29 is 18.7 Å². The molecule has 0 aromatic heterocycles. The Bertz CT molecular complexity index is 1010. The maximum atomic E-state index is 13.7. The third-order valence-electron chi connectivity index (χ3n) is 6.39. The van der Waals surface area contributed by atoms with Gasteiger partial charge in [0.15, 0.2) is 0 Å². The molecule has 5 heteroatoms. The lowest BCUT2D eigenvalue weighted by Crippen LogP contribution is -2.49. The Kier molecular flexibility index (Phi) is 4.52. The predicted molar refractivity (Wildman–Crippen MR) is 110 cm³/mol. The van der Waals surface area contributed by atoms with Crippen molar-refractivity contribution >= 4 is 11.5 Å². The highest BCUT2D eigenvalue weighted by molar-refractivity contribution is 6.24. The van der Waals surface area contributed by atoms with E-state index in [1.54, 1.807) is 0 Å². The van der Waals surface area contributed by atoms with Gasteiger partial charge in [-0.1, -0.05) is 42.0 Å². The van der Waals surface area contributed by atoms with E-state index in [9.17, 15) is 18.7 Å². The van der Waals surface area contributed by atoms with Crippen LogP contribution in [0, 0.1) is 20.8 Å². The highest BCUT2D eigenvalue weighted by Crippen LogP contribution is 2.47. The highest BCUT2D eigenvalue weighted by Gasteiger charge is 2.52. The molecule has 0 unspecified atom stereocenters. The number of hydrogen-bond acceptors (Lipinski definition) is 2. The summed E-state index contributed by atoms with van der Waals surface area (Å²) in [5.41, 5.74) is 4.76. The molecule has 1 amide bonds. The summed E-state index contributed by atoms with van der Waals surface area (Å²) in [7, 11) is 0. The van der Waals surface area contributed by atoms with E-state index in [1.807, 2.05) is 57.2 Å². The molecule has 1 aliphatic carbocycles. The molecule has 3 nitrogen and oxygen atoms in total. The van der Waals surface area contributed by atoms with Crippen molar-refractivity contribution in [2.45, 2.75) is 57.9 Å². The van der Waals surface area contributed by atoms with Crippen LogP contribution in [0.1, 0.15) is 47.9 Å². The Hall–Kier alpha value is -2.69. The average molecular weight is 397 g/mol. The molecule has 1 spiro atoms. The van der Waals surface area contributed by atoms with Crippen LogP contribution in [0.25, 0.3) is 16.7 Å². The lowest BCUT2D eigenvalue weighted by molar-refractivity contribution is -0.117. The van der Waals surface area contributed by atoms with Crippen molar-refractivity contribution in [3.05, 3.63) is 64.4 Å². The van der Waals surface area contributed by atoms with Crippen LogP contribution in [-0.2, 0) is 4.79 Å². The van der Waals surface area contributed by atoms with E-state index in [0.717, 1.165) is 27.8 Å². The van der Waals surface area contributed by atoms with Crippen LogP contribution in [0.2, 0.25) is 0 Å². The quantitative estimate of drug-likeness (QED) is 0.690. The first-order valence-electron chi connectivity index (χ1n) is 9.95. The first-order chi connectivity index (χ1) is 13.6. The zero-order chi connectivity index (χ0) is 21.0. The minimum Gasteiger partial charge on any atom is -0.509 e. The SMILES string of the molecule is Cc1ccc(-c2ccc(C)c(C3=C(O)C4(CCC(F)(F)CC4)NC3=O)c2C)cc1. The molecule has 1 fully saturated rings. The number of alkyl halides is 2. The topological polar surface area (TPSA) is 49.3 Å². The second-order valence-corrected chi connectivity index (χ2v) is 8.41. The zero-order valence-corrected chi connectivity index (χ0v) is 16.9. The maximum absolute atomic E-state index is 13.7. The number of hydrogen-bond donors (Lipinski definition) is 2. The van der Waals surface area contributed by atoms with Crippen LogP contribution >= 0.6 is 0 Å². The number of benzene rings is 2. The van der Waals surface area contributed by atoms with E-state index in [0.29, 0.717) is 5.56 Å². The third-order valence-corrected chi connectivity index (χ3v) is 6.39. The number of rotatable bonds is 2. The van der Waals surface area contributed by atoms with Crippen molar-refractivity contribution in [2.24, 2.45) is 0 Å². The van der Waals surface area contributed by atoms with Crippen LogP contribution in [0.4, 0.5) is 8.78 Å². The third kappa shape index (κ3) is 3.22. The molecular formula is C24H25F2NO2. The summed E-state index contributed by atoms with van der Waals surface area (Å²) in [5, 5.41) is 13.9. The minimum atomic E-state index is -2.74. The number of aliphatic hydroxyl groups is 1. The van der Waals surface area contributed by atoms with Crippen LogP contribution in [0.15, 0.2) is 42.2 Å². The van der Waals surface area contributed by atoms with Gasteiger partial charge in [0, 0.05) is 12.8 Å². The standard InChI is InChI=1S/C24H25F2NO2/c1-14-4-7-17(8-5-14)18-9-6-15(2)19(16(18)3)20-21(28)23(27-22(20)29)10-12-24(25,26)13-11-23/h4-9,28H,10-13H2,1-3H3,(H,27,29). The molecule has 2 aliphatic rings. The average Bonchev–Trinajstić information content (AvgIpc) is 2.90. The lowest BCUT2D eigenvalue weighted by Gasteiger charge is -2.36. The van der Waals surface area contributed by atoms with Gasteiger partial charge in [-0.3, -0.25) is 4.79 Å².